The first kappa shape index (κ1) is 16.4. The highest BCUT2D eigenvalue weighted by Gasteiger charge is 2.30. The van der Waals surface area contributed by atoms with Crippen LogP contribution < -0.4 is 10.2 Å². The minimum Gasteiger partial charge on any atom is -0.355 e. The van der Waals surface area contributed by atoms with Crippen molar-refractivity contribution in [1.29, 1.82) is 0 Å². The average molecular weight is 331 g/mol. The van der Waals surface area contributed by atoms with E-state index in [2.05, 4.69) is 20.2 Å². The van der Waals surface area contributed by atoms with Crippen molar-refractivity contribution in [3.8, 4) is 0 Å². The Hall–Kier alpha value is -2.51. The zero-order chi connectivity index (χ0) is 16.9. The first-order valence-corrected chi connectivity index (χ1v) is 8.24. The van der Waals surface area contributed by atoms with Crippen LogP contribution in [0.15, 0.2) is 18.6 Å². The predicted octanol–water partition coefficient (Wildman–Crippen LogP) is -0.0418. The number of amides is 3. The van der Waals surface area contributed by atoms with Gasteiger partial charge in [0, 0.05) is 44.9 Å². The predicted molar refractivity (Wildman–Crippen MR) is 85.9 cm³/mol. The molecule has 0 atom stereocenters. The van der Waals surface area contributed by atoms with Crippen LogP contribution in [-0.2, 0) is 14.4 Å². The summed E-state index contributed by atoms with van der Waals surface area (Å²) < 4.78 is 0. The third-order valence-corrected chi connectivity index (χ3v) is 4.53. The highest BCUT2D eigenvalue weighted by atomic mass is 16.2. The lowest BCUT2D eigenvalue weighted by molar-refractivity contribution is -0.142. The van der Waals surface area contributed by atoms with Crippen molar-refractivity contribution in [1.82, 2.24) is 20.2 Å². The third-order valence-electron chi connectivity index (χ3n) is 4.53. The Morgan fingerprint density at radius 1 is 1.17 bits per heavy atom. The maximum absolute atomic E-state index is 11.9. The van der Waals surface area contributed by atoms with Crippen LogP contribution >= 0.6 is 0 Å². The summed E-state index contributed by atoms with van der Waals surface area (Å²) in [4.78, 5) is 46.6. The molecule has 24 heavy (non-hydrogen) atoms. The molecule has 2 aliphatic heterocycles. The van der Waals surface area contributed by atoms with Gasteiger partial charge >= 0.3 is 0 Å². The van der Waals surface area contributed by atoms with Gasteiger partial charge in [-0.15, -0.1) is 0 Å². The summed E-state index contributed by atoms with van der Waals surface area (Å²) in [5.74, 6) is 0.493. The van der Waals surface area contributed by atoms with Crippen molar-refractivity contribution in [2.24, 2.45) is 5.92 Å². The minimum atomic E-state index is -0.269. The van der Waals surface area contributed by atoms with Gasteiger partial charge in [0.05, 0.1) is 6.20 Å². The van der Waals surface area contributed by atoms with Crippen molar-refractivity contribution in [3.63, 3.8) is 0 Å². The maximum atomic E-state index is 11.9. The van der Waals surface area contributed by atoms with E-state index in [-0.39, 0.29) is 37.1 Å². The van der Waals surface area contributed by atoms with Crippen LogP contribution in [0.3, 0.4) is 0 Å². The van der Waals surface area contributed by atoms with Gasteiger partial charge in [0.25, 0.3) is 0 Å². The molecule has 0 bridgehead atoms. The molecular weight excluding hydrogens is 310 g/mol. The molecule has 0 radical (unpaired) electrons. The lowest BCUT2D eigenvalue weighted by Gasteiger charge is -2.32. The number of rotatable bonds is 5. The Morgan fingerprint density at radius 2 is 1.88 bits per heavy atom. The van der Waals surface area contributed by atoms with Crippen molar-refractivity contribution >= 4 is 23.5 Å². The fourth-order valence-electron chi connectivity index (χ4n) is 3.08. The Morgan fingerprint density at radius 3 is 2.50 bits per heavy atom. The van der Waals surface area contributed by atoms with Crippen LogP contribution in [0.2, 0.25) is 0 Å². The van der Waals surface area contributed by atoms with Gasteiger partial charge in [0.2, 0.25) is 17.7 Å². The molecular formula is C16H21N5O3. The Kier molecular flexibility index (Phi) is 5.02. The Balaban J connectivity index is 1.40. The van der Waals surface area contributed by atoms with Gasteiger partial charge in [0.1, 0.15) is 12.4 Å². The summed E-state index contributed by atoms with van der Waals surface area (Å²) in [5, 5.41) is 2.84. The van der Waals surface area contributed by atoms with Gasteiger partial charge in [-0.1, -0.05) is 0 Å². The van der Waals surface area contributed by atoms with E-state index >= 15 is 0 Å². The molecule has 0 unspecified atom stereocenters. The number of imide groups is 1. The van der Waals surface area contributed by atoms with E-state index in [4.69, 9.17) is 0 Å². The molecule has 2 fully saturated rings. The number of piperidine rings is 1. The molecule has 3 heterocycles. The molecule has 0 spiro atoms. The van der Waals surface area contributed by atoms with Crippen molar-refractivity contribution in [2.45, 2.75) is 25.7 Å². The summed E-state index contributed by atoms with van der Waals surface area (Å²) >= 11 is 0. The Bertz CT molecular complexity index is 597. The molecule has 2 saturated heterocycles. The number of hydrogen-bond donors (Lipinski definition) is 1. The lowest BCUT2D eigenvalue weighted by Crippen LogP contribution is -2.43. The molecule has 3 amide bonds. The molecule has 1 aromatic rings. The Labute approximate surface area is 140 Å². The first-order valence-electron chi connectivity index (χ1n) is 8.24. The van der Waals surface area contributed by atoms with E-state index in [1.54, 1.807) is 18.6 Å². The number of nitrogens with one attached hydrogen (secondary N) is 1. The van der Waals surface area contributed by atoms with Crippen molar-refractivity contribution in [3.05, 3.63) is 18.6 Å². The van der Waals surface area contributed by atoms with E-state index in [1.807, 2.05) is 0 Å². The van der Waals surface area contributed by atoms with E-state index < -0.39 is 0 Å². The van der Waals surface area contributed by atoms with Gasteiger partial charge in [0.15, 0.2) is 0 Å². The zero-order valence-corrected chi connectivity index (χ0v) is 13.5. The topological polar surface area (TPSA) is 95.5 Å². The van der Waals surface area contributed by atoms with Gasteiger partial charge in [-0.3, -0.25) is 24.3 Å². The number of aromatic nitrogens is 2. The molecule has 8 heteroatoms. The molecule has 128 valence electrons. The number of carbonyl (C=O) groups excluding carboxylic acids is 3. The second kappa shape index (κ2) is 7.37. The number of nitrogens with zero attached hydrogens (tertiary/aromatic N) is 4. The quantitative estimate of drug-likeness (QED) is 0.761. The fraction of sp³-hybridized carbons (Fsp3) is 0.562. The molecule has 3 rings (SSSR count). The summed E-state index contributed by atoms with van der Waals surface area (Å²) in [6, 6.07) is 0. The molecule has 8 nitrogen and oxygen atoms in total. The van der Waals surface area contributed by atoms with Crippen LogP contribution in [-0.4, -0.2) is 58.8 Å². The molecule has 1 aromatic heterocycles. The van der Waals surface area contributed by atoms with Crippen LogP contribution in [0.1, 0.15) is 25.7 Å². The van der Waals surface area contributed by atoms with Gasteiger partial charge in [-0.25, -0.2) is 4.98 Å². The summed E-state index contributed by atoms with van der Waals surface area (Å²) in [7, 11) is 0. The van der Waals surface area contributed by atoms with Crippen molar-refractivity contribution in [2.75, 3.05) is 31.1 Å². The SMILES string of the molecule is O=C(CN1C(=O)CCC1=O)NCC1CCN(c2cnccn2)CC1. The van der Waals surface area contributed by atoms with E-state index in [1.165, 1.54) is 0 Å². The van der Waals surface area contributed by atoms with E-state index in [0.29, 0.717) is 12.5 Å². The highest BCUT2D eigenvalue weighted by molar-refractivity contribution is 6.04. The maximum Gasteiger partial charge on any atom is 0.240 e. The fourth-order valence-corrected chi connectivity index (χ4v) is 3.08. The van der Waals surface area contributed by atoms with Crippen LogP contribution in [0.4, 0.5) is 5.82 Å². The lowest BCUT2D eigenvalue weighted by atomic mass is 9.97. The van der Waals surface area contributed by atoms with Crippen LogP contribution in [0.5, 0.6) is 0 Å². The molecule has 2 aliphatic rings. The van der Waals surface area contributed by atoms with Crippen LogP contribution in [0.25, 0.3) is 0 Å². The number of anilines is 1. The standard InChI is InChI=1S/C16H21N5O3/c22-14(11-21-15(23)1-2-16(21)24)19-9-12-3-7-20(8-4-12)13-10-17-5-6-18-13/h5-6,10,12H,1-4,7-9,11H2,(H,19,22). The van der Waals surface area contributed by atoms with Crippen LogP contribution in [0, 0.1) is 5.92 Å². The molecule has 0 aromatic carbocycles. The third kappa shape index (κ3) is 3.87. The second-order valence-corrected chi connectivity index (χ2v) is 6.17. The first-order chi connectivity index (χ1) is 11.6. The number of carbonyl (C=O) groups is 3. The summed E-state index contributed by atoms with van der Waals surface area (Å²) in [5.41, 5.74) is 0. The van der Waals surface area contributed by atoms with E-state index in [9.17, 15) is 14.4 Å². The molecule has 0 saturated carbocycles. The zero-order valence-electron chi connectivity index (χ0n) is 13.5. The number of hydrogen-bond acceptors (Lipinski definition) is 6. The minimum absolute atomic E-state index is 0.157. The van der Waals surface area contributed by atoms with Gasteiger partial charge < -0.3 is 10.2 Å². The summed E-state index contributed by atoms with van der Waals surface area (Å²) in [6.45, 7) is 2.17. The number of likely N-dealkylation sites (tertiary alicyclic amines) is 1. The monoisotopic (exact) mass is 331 g/mol. The van der Waals surface area contributed by atoms with Gasteiger partial charge in [-0.2, -0.15) is 0 Å². The average Bonchev–Trinajstić information content (AvgIpc) is 2.93. The normalized spacial score (nSPS) is 19.0. The molecule has 1 N–H and O–H groups in total. The van der Waals surface area contributed by atoms with Gasteiger partial charge in [-0.05, 0) is 18.8 Å². The largest absolute Gasteiger partial charge is 0.355 e. The molecule has 0 aliphatic carbocycles. The highest BCUT2D eigenvalue weighted by Crippen LogP contribution is 2.20. The second-order valence-electron chi connectivity index (χ2n) is 6.17. The van der Waals surface area contributed by atoms with E-state index in [0.717, 1.165) is 36.6 Å². The smallest absolute Gasteiger partial charge is 0.240 e. The summed E-state index contributed by atoms with van der Waals surface area (Å²) in [6.07, 6.45) is 7.44. The van der Waals surface area contributed by atoms with Crippen molar-refractivity contribution < 1.29 is 14.4 Å².